The fourth-order valence-corrected chi connectivity index (χ4v) is 2.19. The molecular formula is C12H20O3. The Kier molecular flexibility index (Phi) is 4.03. The molecule has 1 fully saturated rings. The summed E-state index contributed by atoms with van der Waals surface area (Å²) in [4.78, 5) is 0. The average molecular weight is 212 g/mol. The monoisotopic (exact) mass is 212 g/mol. The van der Waals surface area contributed by atoms with Crippen LogP contribution >= 0.6 is 0 Å². The first-order valence-corrected chi connectivity index (χ1v) is 5.99. The lowest BCUT2D eigenvalue weighted by Crippen LogP contribution is -2.21. The lowest BCUT2D eigenvalue weighted by atomic mass is 10.0. The summed E-state index contributed by atoms with van der Waals surface area (Å²) in [6.45, 7) is 1.62. The van der Waals surface area contributed by atoms with Gasteiger partial charge < -0.3 is 14.6 Å². The molecule has 0 bridgehead atoms. The lowest BCUT2D eigenvalue weighted by molar-refractivity contribution is 0.00118. The van der Waals surface area contributed by atoms with Gasteiger partial charge in [-0.25, -0.2) is 0 Å². The Morgan fingerprint density at radius 1 is 1.40 bits per heavy atom. The van der Waals surface area contributed by atoms with Gasteiger partial charge in [0.25, 0.3) is 0 Å². The Morgan fingerprint density at radius 2 is 2.33 bits per heavy atom. The zero-order valence-electron chi connectivity index (χ0n) is 9.15. The van der Waals surface area contributed by atoms with E-state index in [1.807, 2.05) is 6.08 Å². The van der Waals surface area contributed by atoms with E-state index >= 15 is 0 Å². The van der Waals surface area contributed by atoms with Crippen LogP contribution in [-0.2, 0) is 9.47 Å². The van der Waals surface area contributed by atoms with Gasteiger partial charge >= 0.3 is 0 Å². The predicted molar refractivity (Wildman–Crippen MR) is 57.5 cm³/mol. The molecule has 86 valence electrons. The van der Waals surface area contributed by atoms with Gasteiger partial charge in [0.15, 0.2) is 0 Å². The van der Waals surface area contributed by atoms with Gasteiger partial charge in [0, 0.05) is 13.0 Å². The second-order valence-electron chi connectivity index (χ2n) is 4.33. The van der Waals surface area contributed by atoms with Crippen molar-refractivity contribution in [3.63, 3.8) is 0 Å². The highest BCUT2D eigenvalue weighted by atomic mass is 16.5. The minimum absolute atomic E-state index is 0.357. The van der Waals surface area contributed by atoms with E-state index in [1.54, 1.807) is 0 Å². The van der Waals surface area contributed by atoms with Crippen molar-refractivity contribution in [1.82, 2.24) is 0 Å². The minimum Gasteiger partial charge on any atom is -0.495 e. The molecule has 2 aliphatic rings. The average Bonchev–Trinajstić information content (AvgIpc) is 2.81. The maximum absolute atomic E-state index is 9.83. The molecule has 2 unspecified atom stereocenters. The van der Waals surface area contributed by atoms with Crippen LogP contribution in [0, 0.1) is 0 Å². The molecule has 0 aromatic carbocycles. The van der Waals surface area contributed by atoms with Crippen LogP contribution in [0.5, 0.6) is 0 Å². The number of hydrogen-bond donors (Lipinski definition) is 1. The Balaban J connectivity index is 1.67. The second kappa shape index (κ2) is 5.52. The van der Waals surface area contributed by atoms with Crippen LogP contribution in [0.4, 0.5) is 0 Å². The molecule has 2 atom stereocenters. The lowest BCUT2D eigenvalue weighted by Gasteiger charge is -2.23. The smallest absolute Gasteiger partial charge is 0.121 e. The zero-order chi connectivity index (χ0) is 10.5. The molecule has 0 amide bonds. The third-order valence-corrected chi connectivity index (χ3v) is 3.10. The van der Waals surface area contributed by atoms with Gasteiger partial charge in [-0.05, 0) is 38.2 Å². The Morgan fingerprint density at radius 3 is 3.00 bits per heavy atom. The third kappa shape index (κ3) is 3.21. The normalized spacial score (nSPS) is 28.3. The van der Waals surface area contributed by atoms with E-state index in [0.717, 1.165) is 44.7 Å². The summed E-state index contributed by atoms with van der Waals surface area (Å²) >= 11 is 0. The van der Waals surface area contributed by atoms with E-state index in [0.29, 0.717) is 6.10 Å². The summed E-state index contributed by atoms with van der Waals surface area (Å²) in [6.07, 6.45) is 8.17. The third-order valence-electron chi connectivity index (χ3n) is 3.10. The van der Waals surface area contributed by atoms with Crippen molar-refractivity contribution in [1.29, 1.82) is 0 Å². The molecule has 3 heteroatoms. The van der Waals surface area contributed by atoms with Crippen LogP contribution in [0.2, 0.25) is 0 Å². The van der Waals surface area contributed by atoms with E-state index in [2.05, 4.69) is 0 Å². The van der Waals surface area contributed by atoms with E-state index in [1.165, 1.54) is 12.8 Å². The minimum atomic E-state index is -0.418. The first-order valence-electron chi connectivity index (χ1n) is 5.99. The zero-order valence-corrected chi connectivity index (χ0v) is 9.15. The highest BCUT2D eigenvalue weighted by molar-refractivity contribution is 5.03. The number of rotatable bonds is 4. The summed E-state index contributed by atoms with van der Waals surface area (Å²) in [5, 5.41) is 9.83. The number of aliphatic hydroxyl groups excluding tert-OH is 1. The summed E-state index contributed by atoms with van der Waals surface area (Å²) in [5.41, 5.74) is 0. The maximum atomic E-state index is 9.83. The SMILES string of the molecule is OC(CCC1CCCCO1)C1=CCCO1. The van der Waals surface area contributed by atoms with Crippen molar-refractivity contribution >= 4 is 0 Å². The molecule has 15 heavy (non-hydrogen) atoms. The molecular weight excluding hydrogens is 192 g/mol. The first-order chi connectivity index (χ1) is 7.36. The highest BCUT2D eigenvalue weighted by Crippen LogP contribution is 2.21. The molecule has 0 radical (unpaired) electrons. The van der Waals surface area contributed by atoms with Gasteiger partial charge in [-0.15, -0.1) is 0 Å². The topological polar surface area (TPSA) is 38.7 Å². The quantitative estimate of drug-likeness (QED) is 0.774. The van der Waals surface area contributed by atoms with E-state index < -0.39 is 6.10 Å². The van der Waals surface area contributed by atoms with Gasteiger partial charge in [-0.2, -0.15) is 0 Å². The molecule has 1 saturated heterocycles. The molecule has 0 spiro atoms. The highest BCUT2D eigenvalue weighted by Gasteiger charge is 2.19. The summed E-state index contributed by atoms with van der Waals surface area (Å²) in [6, 6.07) is 0. The summed E-state index contributed by atoms with van der Waals surface area (Å²) < 4.78 is 10.9. The van der Waals surface area contributed by atoms with Gasteiger partial charge in [-0.3, -0.25) is 0 Å². The summed E-state index contributed by atoms with van der Waals surface area (Å²) in [5.74, 6) is 0.769. The van der Waals surface area contributed by atoms with Gasteiger partial charge in [-0.1, -0.05) is 0 Å². The van der Waals surface area contributed by atoms with Crippen LogP contribution in [0.25, 0.3) is 0 Å². The van der Waals surface area contributed by atoms with Crippen LogP contribution in [0.3, 0.4) is 0 Å². The van der Waals surface area contributed by atoms with Crippen molar-refractivity contribution in [3.8, 4) is 0 Å². The second-order valence-corrected chi connectivity index (χ2v) is 4.33. The van der Waals surface area contributed by atoms with Crippen molar-refractivity contribution in [2.24, 2.45) is 0 Å². The number of aliphatic hydroxyl groups is 1. The van der Waals surface area contributed by atoms with Crippen molar-refractivity contribution in [3.05, 3.63) is 11.8 Å². The van der Waals surface area contributed by atoms with Gasteiger partial charge in [0.1, 0.15) is 11.9 Å². The van der Waals surface area contributed by atoms with Crippen molar-refractivity contribution in [2.45, 2.75) is 50.7 Å². The Bertz CT molecular complexity index is 219. The van der Waals surface area contributed by atoms with Crippen molar-refractivity contribution < 1.29 is 14.6 Å². The molecule has 0 aromatic rings. The van der Waals surface area contributed by atoms with E-state index in [-0.39, 0.29) is 0 Å². The molecule has 2 heterocycles. The fraction of sp³-hybridized carbons (Fsp3) is 0.833. The predicted octanol–water partition coefficient (Wildman–Crippen LogP) is 2.00. The summed E-state index contributed by atoms with van der Waals surface area (Å²) in [7, 11) is 0. The molecule has 1 N–H and O–H groups in total. The standard InChI is InChI=1S/C12H20O3/c13-11(12-5-3-9-15-12)7-6-10-4-1-2-8-14-10/h5,10-11,13H,1-4,6-9H2. The van der Waals surface area contributed by atoms with Crippen molar-refractivity contribution in [2.75, 3.05) is 13.2 Å². The van der Waals surface area contributed by atoms with E-state index in [4.69, 9.17) is 9.47 Å². The molecule has 0 saturated carbocycles. The Hall–Kier alpha value is -0.540. The molecule has 0 aromatic heterocycles. The molecule has 3 nitrogen and oxygen atoms in total. The first kappa shape index (κ1) is 11.0. The van der Waals surface area contributed by atoms with Crippen LogP contribution in [0.1, 0.15) is 38.5 Å². The van der Waals surface area contributed by atoms with Crippen LogP contribution in [-0.4, -0.2) is 30.5 Å². The molecule has 2 aliphatic heterocycles. The Labute approximate surface area is 91.1 Å². The van der Waals surface area contributed by atoms with E-state index in [9.17, 15) is 5.11 Å². The maximum Gasteiger partial charge on any atom is 0.121 e. The number of hydrogen-bond acceptors (Lipinski definition) is 3. The largest absolute Gasteiger partial charge is 0.495 e. The van der Waals surface area contributed by atoms with Crippen LogP contribution < -0.4 is 0 Å². The fourth-order valence-electron chi connectivity index (χ4n) is 2.19. The molecule has 2 rings (SSSR count). The number of ether oxygens (including phenoxy) is 2. The van der Waals surface area contributed by atoms with Gasteiger partial charge in [0.05, 0.1) is 12.7 Å². The van der Waals surface area contributed by atoms with Crippen LogP contribution in [0.15, 0.2) is 11.8 Å². The van der Waals surface area contributed by atoms with Gasteiger partial charge in [0.2, 0.25) is 0 Å². The molecule has 0 aliphatic carbocycles.